The maximum atomic E-state index is 14.7. The molecule has 190 valence electrons. The van der Waals surface area contributed by atoms with Crippen LogP contribution in [0.25, 0.3) is 17.0 Å². The minimum absolute atomic E-state index is 0.0221. The Morgan fingerprint density at radius 2 is 2.06 bits per heavy atom. The van der Waals surface area contributed by atoms with Gasteiger partial charge in [0.2, 0.25) is 0 Å². The third kappa shape index (κ3) is 6.22. The second-order valence-corrected chi connectivity index (χ2v) is 8.85. The zero-order valence-corrected chi connectivity index (χ0v) is 20.0. The molecule has 0 bridgehead atoms. The highest BCUT2D eigenvalue weighted by Crippen LogP contribution is 2.26. The number of pyridine rings is 1. The van der Waals surface area contributed by atoms with Crippen LogP contribution in [0.5, 0.6) is 5.75 Å². The van der Waals surface area contributed by atoms with Crippen molar-refractivity contribution in [1.82, 2.24) is 14.8 Å². The third-order valence-corrected chi connectivity index (χ3v) is 6.50. The normalized spacial score (nSPS) is 16.4. The smallest absolute Gasteiger partial charge is 0.317 e. The average Bonchev–Trinajstić information content (AvgIpc) is 3.33. The predicted molar refractivity (Wildman–Crippen MR) is 131 cm³/mol. The van der Waals surface area contributed by atoms with Gasteiger partial charge in [-0.3, -0.25) is 19.6 Å². The van der Waals surface area contributed by atoms with Crippen molar-refractivity contribution < 1.29 is 27.8 Å². The van der Waals surface area contributed by atoms with Gasteiger partial charge in [-0.1, -0.05) is 12.2 Å². The van der Waals surface area contributed by atoms with Crippen LogP contribution >= 0.6 is 0 Å². The van der Waals surface area contributed by atoms with Gasteiger partial charge in [-0.15, -0.1) is 0 Å². The van der Waals surface area contributed by atoms with Gasteiger partial charge >= 0.3 is 5.97 Å². The monoisotopic (exact) mass is 499 g/mol. The fourth-order valence-electron chi connectivity index (χ4n) is 4.65. The van der Waals surface area contributed by atoms with Crippen molar-refractivity contribution in [3.63, 3.8) is 0 Å². The Morgan fingerprint density at radius 3 is 2.83 bits per heavy atom. The number of aromatic nitrogens is 1. The topological polar surface area (TPSA) is 65.9 Å². The van der Waals surface area contributed by atoms with E-state index < -0.39 is 23.4 Å². The van der Waals surface area contributed by atoms with Crippen molar-refractivity contribution in [2.24, 2.45) is 0 Å². The van der Waals surface area contributed by atoms with E-state index >= 15 is 0 Å². The molecule has 0 aliphatic carbocycles. The van der Waals surface area contributed by atoms with Crippen LogP contribution in [-0.2, 0) is 11.2 Å². The molecule has 1 unspecified atom stereocenters. The van der Waals surface area contributed by atoms with Crippen LogP contribution in [0, 0.1) is 17.5 Å². The minimum atomic E-state index is -0.948. The molecule has 0 radical (unpaired) electrons. The summed E-state index contributed by atoms with van der Waals surface area (Å²) in [6, 6.07) is 8.56. The van der Waals surface area contributed by atoms with Crippen molar-refractivity contribution in [3.05, 3.63) is 77.2 Å². The first-order valence-corrected chi connectivity index (χ1v) is 11.7. The highest BCUT2D eigenvalue weighted by molar-refractivity contribution is 5.83. The van der Waals surface area contributed by atoms with Crippen LogP contribution < -0.4 is 4.74 Å². The Labute approximate surface area is 207 Å². The van der Waals surface area contributed by atoms with Crippen molar-refractivity contribution in [1.29, 1.82) is 0 Å². The number of nitrogens with zero attached hydrogens (tertiary/aromatic N) is 3. The number of benzene rings is 2. The zero-order valence-electron chi connectivity index (χ0n) is 20.0. The van der Waals surface area contributed by atoms with Gasteiger partial charge in [0.05, 0.1) is 25.4 Å². The van der Waals surface area contributed by atoms with Gasteiger partial charge in [-0.05, 0) is 49.2 Å². The van der Waals surface area contributed by atoms with Crippen LogP contribution in [0.2, 0.25) is 0 Å². The summed E-state index contributed by atoms with van der Waals surface area (Å²) < 4.78 is 47.2. The molecule has 0 saturated carbocycles. The number of carbonyl (C=O) groups is 1. The lowest BCUT2D eigenvalue weighted by Crippen LogP contribution is -2.42. The molecule has 1 aromatic heterocycles. The van der Waals surface area contributed by atoms with E-state index in [0.717, 1.165) is 31.2 Å². The van der Waals surface area contributed by atoms with Crippen molar-refractivity contribution >= 4 is 22.9 Å². The molecule has 1 fully saturated rings. The highest BCUT2D eigenvalue weighted by Gasteiger charge is 2.28. The molecule has 1 saturated heterocycles. The Morgan fingerprint density at radius 1 is 1.22 bits per heavy atom. The van der Waals surface area contributed by atoms with Gasteiger partial charge < -0.3 is 9.84 Å². The SMILES string of the molecule is COc1ccc2ncc(F)c(CCN(CC(=O)O)C3CCN(C/C=C/c4cc(F)ccc4F)C3)c2c1. The molecule has 0 spiro atoms. The molecule has 0 amide bonds. The number of aliphatic carboxylic acids is 1. The maximum Gasteiger partial charge on any atom is 0.317 e. The number of halogens is 3. The molecule has 2 heterocycles. The van der Waals surface area contributed by atoms with E-state index in [0.29, 0.717) is 48.3 Å². The average molecular weight is 500 g/mol. The zero-order chi connectivity index (χ0) is 25.7. The number of hydrogen-bond donors (Lipinski definition) is 1. The quantitative estimate of drug-likeness (QED) is 0.447. The molecule has 1 aliphatic heterocycles. The summed E-state index contributed by atoms with van der Waals surface area (Å²) in [5.41, 5.74) is 1.30. The fourth-order valence-corrected chi connectivity index (χ4v) is 4.65. The maximum absolute atomic E-state index is 14.7. The molecule has 3 aromatic rings. The molecule has 6 nitrogen and oxygen atoms in total. The van der Waals surface area contributed by atoms with E-state index in [1.165, 1.54) is 13.3 Å². The molecule has 1 aliphatic rings. The first kappa shape index (κ1) is 25.7. The van der Waals surface area contributed by atoms with E-state index in [-0.39, 0.29) is 18.2 Å². The van der Waals surface area contributed by atoms with E-state index in [1.807, 2.05) is 4.90 Å². The molecule has 4 rings (SSSR count). The lowest BCUT2D eigenvalue weighted by Gasteiger charge is -2.27. The van der Waals surface area contributed by atoms with Crippen molar-refractivity contribution in [2.45, 2.75) is 18.9 Å². The fraction of sp³-hybridized carbons (Fsp3) is 0.333. The summed E-state index contributed by atoms with van der Waals surface area (Å²) in [4.78, 5) is 19.7. The number of carboxylic acid groups (broad SMARTS) is 1. The Balaban J connectivity index is 1.42. The van der Waals surface area contributed by atoms with Crippen LogP contribution in [0.1, 0.15) is 17.5 Å². The summed E-state index contributed by atoms with van der Waals surface area (Å²) in [7, 11) is 1.54. The number of carboxylic acids is 1. The van der Waals surface area contributed by atoms with Crippen molar-refractivity contribution in [2.75, 3.05) is 39.8 Å². The van der Waals surface area contributed by atoms with Crippen LogP contribution in [0.15, 0.2) is 48.7 Å². The lowest BCUT2D eigenvalue weighted by molar-refractivity contribution is -0.138. The third-order valence-electron chi connectivity index (χ3n) is 6.50. The van der Waals surface area contributed by atoms with Gasteiger partial charge in [0.25, 0.3) is 0 Å². The van der Waals surface area contributed by atoms with Crippen LogP contribution in [0.4, 0.5) is 13.2 Å². The number of likely N-dealkylation sites (tertiary alicyclic amines) is 1. The van der Waals surface area contributed by atoms with E-state index in [9.17, 15) is 23.1 Å². The first-order valence-electron chi connectivity index (χ1n) is 11.7. The van der Waals surface area contributed by atoms with Gasteiger partial charge in [-0.25, -0.2) is 13.2 Å². The molecule has 2 aromatic carbocycles. The Kier molecular flexibility index (Phi) is 8.22. The number of ether oxygens (including phenoxy) is 1. The molecule has 1 atom stereocenters. The lowest BCUT2D eigenvalue weighted by atomic mass is 10.0. The molecule has 36 heavy (non-hydrogen) atoms. The van der Waals surface area contributed by atoms with Gasteiger partial charge in [0.15, 0.2) is 0 Å². The van der Waals surface area contributed by atoms with Crippen LogP contribution in [-0.4, -0.2) is 71.7 Å². The Hall–Kier alpha value is -3.43. The number of fused-ring (bicyclic) bond motifs is 1. The molecule has 9 heteroatoms. The van der Waals surface area contributed by atoms with E-state index in [1.54, 1.807) is 30.4 Å². The number of methoxy groups -OCH3 is 1. The van der Waals surface area contributed by atoms with Gasteiger partial charge in [-0.2, -0.15) is 0 Å². The summed E-state index contributed by atoms with van der Waals surface area (Å²) in [6.07, 6.45) is 5.58. The van der Waals surface area contributed by atoms with E-state index in [2.05, 4.69) is 9.88 Å². The predicted octanol–water partition coefficient (Wildman–Crippen LogP) is 4.38. The first-order chi connectivity index (χ1) is 17.3. The molecular weight excluding hydrogens is 471 g/mol. The van der Waals surface area contributed by atoms with Gasteiger partial charge in [0, 0.05) is 48.7 Å². The largest absolute Gasteiger partial charge is 0.497 e. The summed E-state index contributed by atoms with van der Waals surface area (Å²) >= 11 is 0. The number of rotatable bonds is 10. The van der Waals surface area contributed by atoms with Crippen molar-refractivity contribution in [3.8, 4) is 5.75 Å². The second kappa shape index (κ2) is 11.5. The van der Waals surface area contributed by atoms with Crippen LogP contribution in [0.3, 0.4) is 0 Å². The summed E-state index contributed by atoms with van der Waals surface area (Å²) in [5, 5.41) is 10.1. The number of hydrogen-bond acceptors (Lipinski definition) is 5. The molecule has 1 N–H and O–H groups in total. The van der Waals surface area contributed by atoms with E-state index in [4.69, 9.17) is 4.74 Å². The molecular formula is C27H28F3N3O3. The summed E-state index contributed by atoms with van der Waals surface area (Å²) in [6.45, 7) is 2.09. The summed E-state index contributed by atoms with van der Waals surface area (Å²) in [5.74, 6) is -1.78. The minimum Gasteiger partial charge on any atom is -0.497 e. The second-order valence-electron chi connectivity index (χ2n) is 8.85. The van der Waals surface area contributed by atoms with Gasteiger partial charge in [0.1, 0.15) is 23.2 Å². The standard InChI is InChI=1S/C27H28F3N3O3/c1-36-21-5-7-26-23(14-21)22(25(30)15-31-26)9-12-33(17-27(34)35)20-8-11-32(16-20)10-2-3-18-13-19(28)4-6-24(18)29/h2-7,13-15,20H,8-12,16-17H2,1H3,(H,34,35)/b3-2+. The Bertz CT molecular complexity index is 1270. The highest BCUT2D eigenvalue weighted by atomic mass is 19.1.